The van der Waals surface area contributed by atoms with Crippen LogP contribution in [0, 0.1) is 0 Å². The molecule has 2 heteroatoms. The Balaban J connectivity index is 2.35. The number of rotatable bonds is 4. The van der Waals surface area contributed by atoms with Crippen LogP contribution < -0.4 is 0 Å². The molecule has 13 heavy (non-hydrogen) atoms. The molecule has 0 N–H and O–H groups in total. The molecule has 70 valence electrons. The van der Waals surface area contributed by atoms with Gasteiger partial charge in [0, 0.05) is 10.6 Å². The molecule has 0 fully saturated rings. The van der Waals surface area contributed by atoms with Crippen LogP contribution in [0.15, 0.2) is 47.4 Å². The number of alkyl halides is 1. The highest BCUT2D eigenvalue weighted by atomic mass is 35.5. The van der Waals surface area contributed by atoms with Crippen molar-refractivity contribution < 1.29 is 0 Å². The molecule has 0 aromatic heterocycles. The van der Waals surface area contributed by atoms with Crippen LogP contribution in [0.1, 0.15) is 6.92 Å². The van der Waals surface area contributed by atoms with Gasteiger partial charge in [0.15, 0.2) is 0 Å². The molecule has 1 atom stereocenters. The lowest BCUT2D eigenvalue weighted by atomic mass is 10.4. The summed E-state index contributed by atoms with van der Waals surface area (Å²) >= 11 is 7.81. The Morgan fingerprint density at radius 1 is 1.38 bits per heavy atom. The lowest BCUT2D eigenvalue weighted by molar-refractivity contribution is 1.24. The third-order valence-corrected chi connectivity index (χ3v) is 3.17. The lowest BCUT2D eigenvalue weighted by Crippen LogP contribution is -1.96. The van der Waals surface area contributed by atoms with Gasteiger partial charge in [-0.05, 0) is 19.1 Å². The number of hydrogen-bond acceptors (Lipinski definition) is 1. The monoisotopic (exact) mass is 212 g/mol. The second kappa shape index (κ2) is 6.11. The summed E-state index contributed by atoms with van der Waals surface area (Å²) in [5.74, 6) is 0.926. The largest absolute Gasteiger partial charge is 0.124 e. The van der Waals surface area contributed by atoms with E-state index < -0.39 is 0 Å². The molecule has 0 saturated heterocycles. The Morgan fingerprint density at radius 2 is 2.08 bits per heavy atom. The fourth-order valence-electron chi connectivity index (χ4n) is 0.957. The Kier molecular flexibility index (Phi) is 5.02. The van der Waals surface area contributed by atoms with Crippen LogP contribution in [0.2, 0.25) is 0 Å². The molecule has 0 aliphatic rings. The first-order valence-electron chi connectivity index (χ1n) is 4.27. The second-order valence-corrected chi connectivity index (χ2v) is 4.32. The fourth-order valence-corrected chi connectivity index (χ4v) is 2.10. The first kappa shape index (κ1) is 10.7. The highest BCUT2D eigenvalue weighted by Crippen LogP contribution is 2.19. The number of halogens is 1. The van der Waals surface area contributed by atoms with Gasteiger partial charge in [0.05, 0.1) is 5.38 Å². The van der Waals surface area contributed by atoms with E-state index in [1.54, 1.807) is 11.8 Å². The maximum Gasteiger partial charge on any atom is 0.0609 e. The van der Waals surface area contributed by atoms with Crippen molar-refractivity contribution in [2.75, 3.05) is 5.75 Å². The fraction of sp³-hybridized carbons (Fsp3) is 0.273. The zero-order chi connectivity index (χ0) is 9.52. The van der Waals surface area contributed by atoms with Crippen LogP contribution in [0.5, 0.6) is 0 Å². The van der Waals surface area contributed by atoms with Gasteiger partial charge in [-0.25, -0.2) is 0 Å². The van der Waals surface area contributed by atoms with Gasteiger partial charge < -0.3 is 0 Å². The molecule has 0 amide bonds. The van der Waals surface area contributed by atoms with Crippen LogP contribution in [0.4, 0.5) is 0 Å². The smallest absolute Gasteiger partial charge is 0.0609 e. The van der Waals surface area contributed by atoms with Crippen molar-refractivity contribution in [2.45, 2.75) is 17.2 Å². The predicted octanol–water partition coefficient (Wildman–Crippen LogP) is 3.96. The quantitative estimate of drug-likeness (QED) is 0.414. The third-order valence-electron chi connectivity index (χ3n) is 1.55. The minimum absolute atomic E-state index is 0.134. The van der Waals surface area contributed by atoms with E-state index in [9.17, 15) is 0 Å². The van der Waals surface area contributed by atoms with E-state index >= 15 is 0 Å². The minimum atomic E-state index is 0.134. The molecule has 0 bridgehead atoms. The highest BCUT2D eigenvalue weighted by molar-refractivity contribution is 7.99. The van der Waals surface area contributed by atoms with E-state index in [2.05, 4.69) is 12.1 Å². The van der Waals surface area contributed by atoms with E-state index in [4.69, 9.17) is 11.6 Å². The van der Waals surface area contributed by atoms with Crippen LogP contribution in [-0.2, 0) is 0 Å². The van der Waals surface area contributed by atoms with Crippen molar-refractivity contribution in [3.8, 4) is 0 Å². The van der Waals surface area contributed by atoms with Crippen molar-refractivity contribution in [1.82, 2.24) is 0 Å². The average Bonchev–Trinajstić information content (AvgIpc) is 2.17. The summed E-state index contributed by atoms with van der Waals surface area (Å²) in [5, 5.41) is 0.134. The van der Waals surface area contributed by atoms with Crippen molar-refractivity contribution in [3.05, 3.63) is 42.5 Å². The zero-order valence-electron chi connectivity index (χ0n) is 7.61. The van der Waals surface area contributed by atoms with E-state index in [-0.39, 0.29) is 5.38 Å². The normalized spacial score (nSPS) is 13.4. The Bertz CT molecular complexity index is 256. The Labute approximate surface area is 89.0 Å². The van der Waals surface area contributed by atoms with E-state index in [1.165, 1.54) is 4.90 Å². The van der Waals surface area contributed by atoms with Crippen molar-refractivity contribution in [1.29, 1.82) is 0 Å². The van der Waals surface area contributed by atoms with Crippen molar-refractivity contribution in [2.24, 2.45) is 0 Å². The van der Waals surface area contributed by atoms with Crippen LogP contribution in [0.3, 0.4) is 0 Å². The third kappa shape index (κ3) is 4.39. The maximum atomic E-state index is 6.02. The molecule has 0 spiro atoms. The van der Waals surface area contributed by atoms with Gasteiger partial charge in [-0.1, -0.05) is 30.4 Å². The topological polar surface area (TPSA) is 0 Å². The van der Waals surface area contributed by atoms with E-state index in [0.29, 0.717) is 0 Å². The summed E-state index contributed by atoms with van der Waals surface area (Å²) in [5.41, 5.74) is 0. The van der Waals surface area contributed by atoms with Gasteiger partial charge >= 0.3 is 0 Å². The molecule has 0 aliphatic heterocycles. The summed E-state index contributed by atoms with van der Waals surface area (Å²) in [7, 11) is 0. The number of thioether (sulfide) groups is 1. The number of benzene rings is 1. The van der Waals surface area contributed by atoms with Gasteiger partial charge in [0.25, 0.3) is 0 Å². The van der Waals surface area contributed by atoms with Crippen LogP contribution in [-0.4, -0.2) is 11.1 Å². The molecule has 0 saturated carbocycles. The zero-order valence-corrected chi connectivity index (χ0v) is 9.18. The van der Waals surface area contributed by atoms with E-state index in [0.717, 1.165) is 5.75 Å². The second-order valence-electron chi connectivity index (χ2n) is 2.67. The van der Waals surface area contributed by atoms with Gasteiger partial charge in [0.2, 0.25) is 0 Å². The summed E-state index contributed by atoms with van der Waals surface area (Å²) < 4.78 is 0. The molecular weight excluding hydrogens is 200 g/mol. The molecular formula is C11H13ClS. The molecule has 1 unspecified atom stereocenters. The van der Waals surface area contributed by atoms with Gasteiger partial charge in [-0.2, -0.15) is 0 Å². The minimum Gasteiger partial charge on any atom is -0.124 e. The summed E-state index contributed by atoms with van der Waals surface area (Å²) in [6, 6.07) is 10.3. The number of allylic oxidation sites excluding steroid dienone is 2. The Hall–Kier alpha value is -0.400. The first-order valence-corrected chi connectivity index (χ1v) is 5.70. The van der Waals surface area contributed by atoms with Gasteiger partial charge in [-0.15, -0.1) is 23.4 Å². The predicted molar refractivity (Wildman–Crippen MR) is 61.6 cm³/mol. The van der Waals surface area contributed by atoms with Crippen LogP contribution in [0.25, 0.3) is 0 Å². The van der Waals surface area contributed by atoms with Crippen molar-refractivity contribution in [3.63, 3.8) is 0 Å². The standard InChI is InChI=1S/C11H13ClS/c1-2-6-10(12)9-13-11-7-4-3-5-8-11/h2-8,10H,9H2,1H3. The molecule has 0 aliphatic carbocycles. The van der Waals surface area contributed by atoms with E-state index in [1.807, 2.05) is 37.3 Å². The highest BCUT2D eigenvalue weighted by Gasteiger charge is 1.99. The Morgan fingerprint density at radius 3 is 2.69 bits per heavy atom. The van der Waals surface area contributed by atoms with Gasteiger partial charge in [0.1, 0.15) is 0 Å². The SMILES string of the molecule is CC=CC(Cl)CSc1ccccc1. The molecule has 1 aromatic rings. The molecule has 0 radical (unpaired) electrons. The maximum absolute atomic E-state index is 6.02. The average molecular weight is 213 g/mol. The summed E-state index contributed by atoms with van der Waals surface area (Å²) in [6.07, 6.45) is 4.00. The van der Waals surface area contributed by atoms with Crippen LogP contribution >= 0.6 is 23.4 Å². The first-order chi connectivity index (χ1) is 6.33. The molecule has 0 nitrogen and oxygen atoms in total. The molecule has 1 rings (SSSR count). The van der Waals surface area contributed by atoms with Gasteiger partial charge in [-0.3, -0.25) is 0 Å². The summed E-state index contributed by atoms with van der Waals surface area (Å²) in [4.78, 5) is 1.28. The summed E-state index contributed by atoms with van der Waals surface area (Å²) in [6.45, 7) is 1.99. The van der Waals surface area contributed by atoms with Crippen molar-refractivity contribution >= 4 is 23.4 Å². The molecule has 1 aromatic carbocycles. The number of hydrogen-bond donors (Lipinski definition) is 0. The lowest BCUT2D eigenvalue weighted by Gasteiger charge is -2.03. The molecule has 0 heterocycles.